The molecule has 78 valence electrons. The van der Waals surface area contributed by atoms with Gasteiger partial charge in [0.05, 0.1) is 0 Å². The fraction of sp³-hybridized carbons (Fsp3) is 0.333. The number of hydrogen-bond acceptors (Lipinski definition) is 1. The van der Waals surface area contributed by atoms with Crippen molar-refractivity contribution in [1.29, 1.82) is 0 Å². The third kappa shape index (κ3) is 1.50. The van der Waals surface area contributed by atoms with Crippen LogP contribution in [0.25, 0.3) is 10.9 Å². The third-order valence-corrected chi connectivity index (χ3v) is 3.68. The molecule has 1 heterocycles. The number of aromatic amines is 1. The minimum absolute atomic E-state index is 0.328. The lowest BCUT2D eigenvalue weighted by molar-refractivity contribution is 0.572. The van der Waals surface area contributed by atoms with Crippen LogP contribution in [-0.4, -0.2) is 11.0 Å². The van der Waals surface area contributed by atoms with Crippen LogP contribution in [-0.2, 0) is 12.8 Å². The number of fused-ring (bicyclic) bond motifs is 3. The van der Waals surface area contributed by atoms with Crippen LogP contribution in [0.15, 0.2) is 22.7 Å². The Balaban J connectivity index is 2.24. The van der Waals surface area contributed by atoms with Gasteiger partial charge in [0.2, 0.25) is 0 Å². The molecule has 3 rings (SSSR count). The van der Waals surface area contributed by atoms with Gasteiger partial charge >= 0.3 is 0 Å². The number of nitrogens with two attached hydrogens (primary N) is 1. The van der Waals surface area contributed by atoms with Gasteiger partial charge < -0.3 is 10.7 Å². The van der Waals surface area contributed by atoms with Crippen molar-refractivity contribution in [1.82, 2.24) is 4.98 Å². The van der Waals surface area contributed by atoms with Gasteiger partial charge in [-0.2, -0.15) is 0 Å². The Kier molecular flexibility index (Phi) is 2.11. The predicted octanol–water partition coefficient (Wildman–Crippen LogP) is 2.75. The smallest absolute Gasteiger partial charge is 0.0459 e. The molecule has 1 aliphatic rings. The van der Waals surface area contributed by atoms with Gasteiger partial charge in [-0.05, 0) is 36.6 Å². The Bertz CT molecular complexity index is 516. The molecule has 2 aromatic rings. The molecule has 0 amide bonds. The third-order valence-electron chi connectivity index (χ3n) is 3.19. The van der Waals surface area contributed by atoms with Crippen LogP contribution in [0.2, 0.25) is 0 Å². The average molecular weight is 265 g/mol. The molecule has 15 heavy (non-hydrogen) atoms. The van der Waals surface area contributed by atoms with Gasteiger partial charge in [-0.1, -0.05) is 15.9 Å². The van der Waals surface area contributed by atoms with Crippen molar-refractivity contribution in [3.63, 3.8) is 0 Å². The summed E-state index contributed by atoms with van der Waals surface area (Å²) in [5, 5.41) is 1.35. The molecule has 3 N–H and O–H groups in total. The highest BCUT2D eigenvalue weighted by molar-refractivity contribution is 9.10. The molecule has 1 aromatic carbocycles. The van der Waals surface area contributed by atoms with E-state index in [9.17, 15) is 0 Å². The van der Waals surface area contributed by atoms with Gasteiger partial charge in [-0.25, -0.2) is 0 Å². The first-order valence-corrected chi connectivity index (χ1v) is 6.08. The topological polar surface area (TPSA) is 41.8 Å². The summed E-state index contributed by atoms with van der Waals surface area (Å²) in [5.41, 5.74) is 10.0. The summed E-state index contributed by atoms with van der Waals surface area (Å²) in [5.74, 6) is 0. The number of hydrogen-bond donors (Lipinski definition) is 2. The molecule has 0 bridgehead atoms. The van der Waals surface area contributed by atoms with Gasteiger partial charge in [0.15, 0.2) is 0 Å². The first-order chi connectivity index (χ1) is 7.24. The molecular formula is C12H13BrN2. The second-order valence-electron chi connectivity index (χ2n) is 4.27. The van der Waals surface area contributed by atoms with Gasteiger partial charge in [-0.15, -0.1) is 0 Å². The monoisotopic (exact) mass is 264 g/mol. The summed E-state index contributed by atoms with van der Waals surface area (Å²) in [6, 6.07) is 6.73. The molecule has 1 aliphatic carbocycles. The van der Waals surface area contributed by atoms with Crippen LogP contribution in [0.4, 0.5) is 0 Å². The average Bonchev–Trinajstić information content (AvgIpc) is 2.54. The molecule has 0 spiro atoms. The SMILES string of the molecule is NC1CCc2c([nH]c3ccc(Br)cc23)C1. The Labute approximate surface area is 97.0 Å². The summed E-state index contributed by atoms with van der Waals surface area (Å²) >= 11 is 3.52. The first-order valence-electron chi connectivity index (χ1n) is 5.28. The zero-order valence-corrected chi connectivity index (χ0v) is 9.97. The summed E-state index contributed by atoms with van der Waals surface area (Å²) in [7, 11) is 0. The minimum atomic E-state index is 0.328. The molecule has 3 heteroatoms. The summed E-state index contributed by atoms with van der Waals surface area (Å²) in [6.45, 7) is 0. The van der Waals surface area contributed by atoms with Crippen molar-refractivity contribution in [3.05, 3.63) is 33.9 Å². The standard InChI is InChI=1S/C12H13BrN2/c13-7-1-4-11-10(5-7)9-3-2-8(14)6-12(9)15-11/h1,4-5,8,15H,2-3,6,14H2. The molecular weight excluding hydrogens is 252 g/mol. The van der Waals surface area contributed by atoms with E-state index < -0.39 is 0 Å². The number of aromatic nitrogens is 1. The zero-order chi connectivity index (χ0) is 10.4. The van der Waals surface area contributed by atoms with E-state index in [1.807, 2.05) is 0 Å². The highest BCUT2D eigenvalue weighted by Gasteiger charge is 2.19. The van der Waals surface area contributed by atoms with Crippen molar-refractivity contribution in [2.45, 2.75) is 25.3 Å². The van der Waals surface area contributed by atoms with E-state index in [2.05, 4.69) is 39.1 Å². The highest BCUT2D eigenvalue weighted by atomic mass is 79.9. The number of rotatable bonds is 0. The number of aryl methyl sites for hydroxylation is 1. The number of nitrogens with one attached hydrogen (secondary N) is 1. The lowest BCUT2D eigenvalue weighted by atomic mass is 9.92. The van der Waals surface area contributed by atoms with Gasteiger partial charge in [0.25, 0.3) is 0 Å². The first kappa shape index (κ1) is 9.43. The largest absolute Gasteiger partial charge is 0.358 e. The van der Waals surface area contributed by atoms with Gasteiger partial charge in [0.1, 0.15) is 0 Å². The van der Waals surface area contributed by atoms with Crippen molar-refractivity contribution >= 4 is 26.8 Å². The van der Waals surface area contributed by atoms with Crippen molar-refractivity contribution in [2.75, 3.05) is 0 Å². The lowest BCUT2D eigenvalue weighted by Gasteiger charge is -2.17. The van der Waals surface area contributed by atoms with Crippen LogP contribution in [0.3, 0.4) is 0 Å². The van der Waals surface area contributed by atoms with Crippen LogP contribution in [0, 0.1) is 0 Å². The van der Waals surface area contributed by atoms with Gasteiger partial charge in [-0.3, -0.25) is 0 Å². The number of H-pyrrole nitrogens is 1. The van der Waals surface area contributed by atoms with E-state index >= 15 is 0 Å². The molecule has 0 fully saturated rings. The summed E-state index contributed by atoms with van der Waals surface area (Å²) in [4.78, 5) is 3.47. The highest BCUT2D eigenvalue weighted by Crippen LogP contribution is 2.30. The number of benzene rings is 1. The molecule has 0 aliphatic heterocycles. The predicted molar refractivity (Wildman–Crippen MR) is 66.0 cm³/mol. The molecule has 0 radical (unpaired) electrons. The zero-order valence-electron chi connectivity index (χ0n) is 8.39. The van der Waals surface area contributed by atoms with E-state index in [0.717, 1.165) is 23.7 Å². The molecule has 1 aromatic heterocycles. The summed E-state index contributed by atoms with van der Waals surface area (Å²) < 4.78 is 1.15. The van der Waals surface area contributed by atoms with E-state index in [-0.39, 0.29) is 0 Å². The molecule has 1 atom stereocenters. The maximum Gasteiger partial charge on any atom is 0.0459 e. The van der Waals surface area contributed by atoms with E-state index in [1.165, 1.54) is 22.2 Å². The second-order valence-corrected chi connectivity index (χ2v) is 5.19. The summed E-state index contributed by atoms with van der Waals surface area (Å²) in [6.07, 6.45) is 3.20. The van der Waals surface area contributed by atoms with Crippen LogP contribution < -0.4 is 5.73 Å². The van der Waals surface area contributed by atoms with Crippen molar-refractivity contribution in [2.24, 2.45) is 5.73 Å². The van der Waals surface area contributed by atoms with E-state index in [1.54, 1.807) is 0 Å². The normalized spacial score (nSPS) is 20.5. The van der Waals surface area contributed by atoms with Gasteiger partial charge in [0, 0.05) is 33.5 Å². The van der Waals surface area contributed by atoms with Crippen LogP contribution >= 0.6 is 15.9 Å². The Morgan fingerprint density at radius 1 is 1.40 bits per heavy atom. The Morgan fingerprint density at radius 3 is 3.13 bits per heavy atom. The minimum Gasteiger partial charge on any atom is -0.358 e. The van der Waals surface area contributed by atoms with E-state index in [4.69, 9.17) is 5.73 Å². The van der Waals surface area contributed by atoms with Crippen molar-refractivity contribution in [3.8, 4) is 0 Å². The Morgan fingerprint density at radius 2 is 2.27 bits per heavy atom. The lowest BCUT2D eigenvalue weighted by Crippen LogP contribution is -2.27. The van der Waals surface area contributed by atoms with Crippen LogP contribution in [0.5, 0.6) is 0 Å². The quantitative estimate of drug-likeness (QED) is 0.755. The second kappa shape index (κ2) is 3.35. The maximum absolute atomic E-state index is 5.97. The fourth-order valence-corrected chi connectivity index (χ4v) is 2.79. The Hall–Kier alpha value is -0.800. The molecule has 0 saturated carbocycles. The van der Waals surface area contributed by atoms with Crippen molar-refractivity contribution < 1.29 is 0 Å². The van der Waals surface area contributed by atoms with E-state index in [0.29, 0.717) is 6.04 Å². The molecule has 0 saturated heterocycles. The molecule has 2 nitrogen and oxygen atoms in total. The molecule has 1 unspecified atom stereocenters. The number of halogens is 1. The fourth-order valence-electron chi connectivity index (χ4n) is 2.43. The maximum atomic E-state index is 5.97. The van der Waals surface area contributed by atoms with Crippen LogP contribution in [0.1, 0.15) is 17.7 Å².